The summed E-state index contributed by atoms with van der Waals surface area (Å²) in [4.78, 5) is 0. The van der Waals surface area contributed by atoms with E-state index in [1.54, 1.807) is 0 Å². The lowest BCUT2D eigenvalue weighted by atomic mass is 10.5. The Labute approximate surface area is 50.7 Å². The van der Waals surface area contributed by atoms with E-state index in [9.17, 15) is 0 Å². The summed E-state index contributed by atoms with van der Waals surface area (Å²) in [7, 11) is 0. The Kier molecular flexibility index (Phi) is 1.07. The largest absolute Gasteiger partial charge is 0.382 e. The lowest BCUT2D eigenvalue weighted by Crippen LogP contribution is -1.83. The van der Waals surface area contributed by atoms with Crippen LogP contribution in [-0.2, 0) is 0 Å². The van der Waals surface area contributed by atoms with Gasteiger partial charge in [0.25, 0.3) is 0 Å². The Morgan fingerprint density at radius 2 is 2.22 bits per heavy atom. The van der Waals surface area contributed by atoms with E-state index in [-0.39, 0.29) is 17.3 Å². The molecule has 6 nitrogen and oxygen atoms in total. The van der Waals surface area contributed by atoms with E-state index in [0.717, 1.165) is 0 Å². The van der Waals surface area contributed by atoms with Gasteiger partial charge in [-0.1, -0.05) is 0 Å². The Hall–Kier alpha value is -1.59. The van der Waals surface area contributed by atoms with Crippen molar-refractivity contribution in [2.75, 3.05) is 11.5 Å². The molecule has 48 valence electrons. The molecule has 0 saturated heterocycles. The van der Waals surface area contributed by atoms with Gasteiger partial charge in [-0.15, -0.1) is 0 Å². The van der Waals surface area contributed by atoms with Crippen molar-refractivity contribution in [2.24, 2.45) is 5.11 Å². The Bertz CT molecular complexity index is 205. The van der Waals surface area contributed by atoms with Crippen LogP contribution in [0.15, 0.2) is 5.11 Å². The summed E-state index contributed by atoms with van der Waals surface area (Å²) in [5.74, 6) is 0.380. The maximum Gasteiger partial charge on any atom is 0.175 e. The molecule has 0 aliphatic carbocycles. The van der Waals surface area contributed by atoms with Gasteiger partial charge in [0, 0.05) is 0 Å². The summed E-state index contributed by atoms with van der Waals surface area (Å²) < 4.78 is 0. The van der Waals surface area contributed by atoms with Crippen molar-refractivity contribution >= 4 is 17.3 Å². The Morgan fingerprint density at radius 1 is 1.56 bits per heavy atom. The first-order valence-corrected chi connectivity index (χ1v) is 2.22. The molecular weight excluding hydrogens is 120 g/mol. The molecule has 0 aromatic carbocycles. The van der Waals surface area contributed by atoms with Gasteiger partial charge < -0.3 is 11.5 Å². The standard InChI is InChI=1S/C3H6N6/c4-2-1(7-6)3(5)9-8-2/h6H,(H5,4,5,8,9). The van der Waals surface area contributed by atoms with Gasteiger partial charge in [0.2, 0.25) is 0 Å². The van der Waals surface area contributed by atoms with Crippen LogP contribution in [0.5, 0.6) is 0 Å². The van der Waals surface area contributed by atoms with Gasteiger partial charge in [-0.05, 0) is 0 Å². The zero-order valence-electron chi connectivity index (χ0n) is 4.55. The van der Waals surface area contributed by atoms with Crippen molar-refractivity contribution in [1.29, 1.82) is 5.53 Å². The van der Waals surface area contributed by atoms with E-state index < -0.39 is 0 Å². The van der Waals surface area contributed by atoms with Gasteiger partial charge in [-0.2, -0.15) is 10.2 Å². The van der Waals surface area contributed by atoms with Crippen molar-refractivity contribution < 1.29 is 0 Å². The third-order valence-electron chi connectivity index (χ3n) is 0.906. The number of hydrogen-bond acceptors (Lipinski definition) is 5. The smallest absolute Gasteiger partial charge is 0.175 e. The van der Waals surface area contributed by atoms with Gasteiger partial charge in [-0.25, -0.2) is 5.53 Å². The highest BCUT2D eigenvalue weighted by Gasteiger charge is 2.04. The molecule has 0 amide bonds. The van der Waals surface area contributed by atoms with Crippen LogP contribution in [0.1, 0.15) is 0 Å². The second-order valence-electron chi connectivity index (χ2n) is 1.48. The highest BCUT2D eigenvalue weighted by atomic mass is 15.2. The number of H-pyrrole nitrogens is 1. The molecule has 0 spiro atoms. The third kappa shape index (κ3) is 0.693. The molecule has 1 rings (SSSR count). The highest BCUT2D eigenvalue weighted by Crippen LogP contribution is 2.24. The van der Waals surface area contributed by atoms with Gasteiger partial charge in [0.05, 0.1) is 0 Å². The molecule has 6 heteroatoms. The minimum absolute atomic E-state index is 0.155. The van der Waals surface area contributed by atoms with Crippen LogP contribution in [0.3, 0.4) is 0 Å². The molecule has 0 fully saturated rings. The average Bonchev–Trinajstić information content (AvgIpc) is 2.12. The molecular formula is C3H6N6. The van der Waals surface area contributed by atoms with Gasteiger partial charge in [0.15, 0.2) is 11.5 Å². The molecule has 0 unspecified atom stereocenters. The van der Waals surface area contributed by atoms with Crippen LogP contribution in [0.4, 0.5) is 17.3 Å². The second-order valence-corrected chi connectivity index (χ2v) is 1.48. The molecule has 0 saturated carbocycles. The molecule has 0 radical (unpaired) electrons. The molecule has 1 aromatic heterocycles. The van der Waals surface area contributed by atoms with E-state index in [1.165, 1.54) is 0 Å². The van der Waals surface area contributed by atoms with E-state index in [2.05, 4.69) is 15.3 Å². The number of nitrogens with zero attached hydrogens (tertiary/aromatic N) is 2. The quantitative estimate of drug-likeness (QED) is 0.403. The van der Waals surface area contributed by atoms with Crippen molar-refractivity contribution in [1.82, 2.24) is 10.2 Å². The molecule has 0 aliphatic heterocycles. The van der Waals surface area contributed by atoms with E-state index >= 15 is 0 Å². The van der Waals surface area contributed by atoms with Crippen LogP contribution in [0.25, 0.3) is 0 Å². The molecule has 0 bridgehead atoms. The number of nitrogens with two attached hydrogens (primary N) is 2. The Morgan fingerprint density at radius 3 is 2.44 bits per heavy atom. The predicted octanol–water partition coefficient (Wildman–Crippen LogP) is 0.237. The molecule has 6 N–H and O–H groups in total. The molecule has 1 aromatic rings. The predicted molar refractivity (Wildman–Crippen MR) is 32.2 cm³/mol. The molecule has 1 heterocycles. The fraction of sp³-hybridized carbons (Fsp3) is 0. The van der Waals surface area contributed by atoms with E-state index in [0.29, 0.717) is 0 Å². The second kappa shape index (κ2) is 1.73. The molecule has 0 aliphatic rings. The number of aromatic amines is 1. The third-order valence-corrected chi connectivity index (χ3v) is 0.906. The maximum atomic E-state index is 6.55. The summed E-state index contributed by atoms with van der Waals surface area (Å²) in [6, 6.07) is 0. The number of aromatic nitrogens is 2. The number of hydrogen-bond donors (Lipinski definition) is 4. The first-order valence-electron chi connectivity index (χ1n) is 2.22. The highest BCUT2D eigenvalue weighted by molar-refractivity contribution is 5.69. The number of nitrogens with one attached hydrogen (secondary N) is 2. The first kappa shape index (κ1) is 5.54. The normalized spacial score (nSPS) is 9.33. The van der Waals surface area contributed by atoms with Gasteiger partial charge in [-0.3, -0.25) is 5.10 Å². The van der Waals surface area contributed by atoms with Crippen LogP contribution in [0, 0.1) is 5.53 Å². The summed E-state index contributed by atoms with van der Waals surface area (Å²) in [6.45, 7) is 0. The van der Waals surface area contributed by atoms with Crippen LogP contribution >= 0.6 is 0 Å². The summed E-state index contributed by atoms with van der Waals surface area (Å²) >= 11 is 0. The average molecular weight is 126 g/mol. The fourth-order valence-electron chi connectivity index (χ4n) is 0.482. The molecule has 0 atom stereocenters. The minimum atomic E-state index is 0.155. The Balaban J connectivity index is 3.22. The number of nitrogen functional groups attached to an aromatic ring is 2. The van der Waals surface area contributed by atoms with Crippen LogP contribution in [-0.4, -0.2) is 10.2 Å². The molecule has 9 heavy (non-hydrogen) atoms. The minimum Gasteiger partial charge on any atom is -0.382 e. The number of anilines is 2. The van der Waals surface area contributed by atoms with Gasteiger partial charge >= 0.3 is 0 Å². The summed E-state index contributed by atoms with van der Waals surface area (Å²) in [6.07, 6.45) is 0. The lowest BCUT2D eigenvalue weighted by Gasteiger charge is -1.84. The van der Waals surface area contributed by atoms with Crippen molar-refractivity contribution in [2.45, 2.75) is 0 Å². The fourth-order valence-corrected chi connectivity index (χ4v) is 0.482. The monoisotopic (exact) mass is 126 g/mol. The van der Waals surface area contributed by atoms with Crippen LogP contribution < -0.4 is 11.5 Å². The van der Waals surface area contributed by atoms with Crippen molar-refractivity contribution in [3.8, 4) is 0 Å². The number of rotatable bonds is 1. The van der Waals surface area contributed by atoms with E-state index in [4.69, 9.17) is 17.0 Å². The van der Waals surface area contributed by atoms with Gasteiger partial charge in [0.1, 0.15) is 5.82 Å². The zero-order chi connectivity index (χ0) is 6.85. The van der Waals surface area contributed by atoms with E-state index in [1.807, 2.05) is 0 Å². The van der Waals surface area contributed by atoms with Crippen molar-refractivity contribution in [3.05, 3.63) is 0 Å². The topological polar surface area (TPSA) is 117 Å². The maximum absolute atomic E-state index is 6.55. The lowest BCUT2D eigenvalue weighted by molar-refractivity contribution is 1.11. The summed E-state index contributed by atoms with van der Waals surface area (Å²) in [5.41, 5.74) is 17.2. The van der Waals surface area contributed by atoms with Crippen molar-refractivity contribution in [3.63, 3.8) is 0 Å². The SMILES string of the molecule is N=Nc1c(N)n[nH]c1N. The first-order chi connectivity index (χ1) is 4.25. The summed E-state index contributed by atoms with van der Waals surface area (Å²) in [5, 5.41) is 8.91. The van der Waals surface area contributed by atoms with Crippen LogP contribution in [0.2, 0.25) is 0 Å². The zero-order valence-corrected chi connectivity index (χ0v) is 4.55.